The minimum atomic E-state index is 0.347. The molecular formula is C17H28ClN3. The molecule has 3 nitrogen and oxygen atoms in total. The number of hydrogen-bond donors (Lipinski definition) is 1. The molecule has 0 aliphatic carbocycles. The first-order valence-corrected chi connectivity index (χ1v) is 8.42. The Hall–Kier alpha value is -0.770. The summed E-state index contributed by atoms with van der Waals surface area (Å²) in [6, 6.07) is 7.46. The predicted octanol–water partition coefficient (Wildman–Crippen LogP) is 3.54. The van der Waals surface area contributed by atoms with E-state index in [1.165, 1.54) is 11.3 Å². The zero-order valence-electron chi connectivity index (χ0n) is 13.7. The number of nitrogens with zero attached hydrogens (tertiary/aromatic N) is 2. The van der Waals surface area contributed by atoms with Gasteiger partial charge >= 0.3 is 0 Å². The zero-order chi connectivity index (χ0) is 15.4. The van der Waals surface area contributed by atoms with Crippen LogP contribution in [0.3, 0.4) is 0 Å². The highest BCUT2D eigenvalue weighted by molar-refractivity contribution is 6.33. The molecule has 118 valence electrons. The molecule has 1 atom stereocenters. The Morgan fingerprint density at radius 1 is 1.14 bits per heavy atom. The average molecular weight is 310 g/mol. The lowest BCUT2D eigenvalue weighted by Crippen LogP contribution is -2.49. The topological polar surface area (TPSA) is 18.5 Å². The van der Waals surface area contributed by atoms with Gasteiger partial charge < -0.3 is 10.2 Å². The summed E-state index contributed by atoms with van der Waals surface area (Å²) in [6.45, 7) is 14.1. The molecule has 1 unspecified atom stereocenters. The van der Waals surface area contributed by atoms with Gasteiger partial charge in [-0.15, -0.1) is 0 Å². The Labute approximate surface area is 134 Å². The van der Waals surface area contributed by atoms with Crippen LogP contribution in [0.15, 0.2) is 18.2 Å². The second-order valence-electron chi connectivity index (χ2n) is 6.11. The molecule has 21 heavy (non-hydrogen) atoms. The molecule has 0 saturated carbocycles. The summed E-state index contributed by atoms with van der Waals surface area (Å²) >= 11 is 6.52. The summed E-state index contributed by atoms with van der Waals surface area (Å²) in [6.07, 6.45) is 0. The Kier molecular flexibility index (Phi) is 5.91. The van der Waals surface area contributed by atoms with Gasteiger partial charge in [0.15, 0.2) is 0 Å². The summed E-state index contributed by atoms with van der Waals surface area (Å²) in [5.74, 6) is 0. The maximum Gasteiger partial charge on any atom is 0.0642 e. The van der Waals surface area contributed by atoms with Crippen LogP contribution in [0, 0.1) is 0 Å². The highest BCUT2D eigenvalue weighted by atomic mass is 35.5. The molecule has 1 aromatic carbocycles. The van der Waals surface area contributed by atoms with E-state index in [4.69, 9.17) is 11.6 Å². The predicted molar refractivity (Wildman–Crippen MR) is 92.5 cm³/mol. The van der Waals surface area contributed by atoms with Gasteiger partial charge in [-0.3, -0.25) is 4.90 Å². The van der Waals surface area contributed by atoms with Crippen molar-refractivity contribution in [2.24, 2.45) is 0 Å². The van der Waals surface area contributed by atoms with Gasteiger partial charge in [-0.25, -0.2) is 0 Å². The smallest absolute Gasteiger partial charge is 0.0642 e. The van der Waals surface area contributed by atoms with Gasteiger partial charge in [-0.2, -0.15) is 0 Å². The molecule has 1 saturated heterocycles. The molecular weight excluding hydrogens is 282 g/mol. The third-order valence-corrected chi connectivity index (χ3v) is 4.67. The van der Waals surface area contributed by atoms with Gasteiger partial charge in [0.2, 0.25) is 0 Å². The van der Waals surface area contributed by atoms with Gasteiger partial charge in [0.05, 0.1) is 10.7 Å². The Bertz CT molecular complexity index is 453. The minimum absolute atomic E-state index is 0.347. The number of halogens is 1. The van der Waals surface area contributed by atoms with E-state index in [1.807, 2.05) is 0 Å². The molecule has 1 heterocycles. The summed E-state index contributed by atoms with van der Waals surface area (Å²) in [4.78, 5) is 4.93. The largest absolute Gasteiger partial charge is 0.368 e. The molecule has 0 amide bonds. The third kappa shape index (κ3) is 4.12. The van der Waals surface area contributed by atoms with Gasteiger partial charge in [0.25, 0.3) is 0 Å². The standard InChI is InChI=1S/C17H28ClN3/c1-5-19-14(4)15-6-7-17(16(18)12-15)21-10-8-20(9-11-21)13(2)3/h6-7,12-14,19H,5,8-11H2,1-4H3. The van der Waals surface area contributed by atoms with E-state index in [2.05, 4.69) is 61.0 Å². The molecule has 0 aromatic heterocycles. The molecule has 1 aliphatic rings. The van der Waals surface area contributed by atoms with Crippen LogP contribution in [0.4, 0.5) is 5.69 Å². The first-order valence-electron chi connectivity index (χ1n) is 8.04. The van der Waals surface area contributed by atoms with Crippen LogP contribution < -0.4 is 10.2 Å². The van der Waals surface area contributed by atoms with Crippen LogP contribution in [-0.4, -0.2) is 43.7 Å². The summed E-state index contributed by atoms with van der Waals surface area (Å²) in [5, 5.41) is 4.30. The molecule has 0 spiro atoms. The van der Waals surface area contributed by atoms with Crippen molar-refractivity contribution in [3.63, 3.8) is 0 Å². The van der Waals surface area contributed by atoms with Crippen molar-refractivity contribution in [1.29, 1.82) is 0 Å². The van der Waals surface area contributed by atoms with Crippen molar-refractivity contribution in [2.45, 2.75) is 39.8 Å². The maximum absolute atomic E-state index is 6.52. The van der Waals surface area contributed by atoms with Crippen LogP contribution >= 0.6 is 11.6 Å². The second kappa shape index (κ2) is 7.48. The van der Waals surface area contributed by atoms with Crippen molar-refractivity contribution in [3.05, 3.63) is 28.8 Å². The lowest BCUT2D eigenvalue weighted by Gasteiger charge is -2.38. The van der Waals surface area contributed by atoms with Crippen molar-refractivity contribution in [2.75, 3.05) is 37.6 Å². The van der Waals surface area contributed by atoms with E-state index in [1.54, 1.807) is 0 Å². The van der Waals surface area contributed by atoms with Gasteiger partial charge in [0.1, 0.15) is 0 Å². The molecule has 1 aromatic rings. The molecule has 2 rings (SSSR count). The zero-order valence-corrected chi connectivity index (χ0v) is 14.5. The van der Waals surface area contributed by atoms with E-state index in [-0.39, 0.29) is 0 Å². The molecule has 1 N–H and O–H groups in total. The van der Waals surface area contributed by atoms with E-state index >= 15 is 0 Å². The van der Waals surface area contributed by atoms with E-state index in [0.29, 0.717) is 12.1 Å². The Morgan fingerprint density at radius 2 is 1.81 bits per heavy atom. The second-order valence-corrected chi connectivity index (χ2v) is 6.51. The molecule has 4 heteroatoms. The number of nitrogens with one attached hydrogen (secondary N) is 1. The van der Waals surface area contributed by atoms with E-state index in [0.717, 1.165) is 37.7 Å². The van der Waals surface area contributed by atoms with Crippen molar-refractivity contribution in [3.8, 4) is 0 Å². The highest BCUT2D eigenvalue weighted by Crippen LogP contribution is 2.30. The number of anilines is 1. The SMILES string of the molecule is CCNC(C)c1ccc(N2CCN(C(C)C)CC2)c(Cl)c1. The number of piperazine rings is 1. The van der Waals surface area contributed by atoms with Gasteiger partial charge in [-0.1, -0.05) is 24.6 Å². The van der Waals surface area contributed by atoms with Crippen LogP contribution in [-0.2, 0) is 0 Å². The minimum Gasteiger partial charge on any atom is -0.368 e. The van der Waals surface area contributed by atoms with Gasteiger partial charge in [-0.05, 0) is 45.0 Å². The third-order valence-electron chi connectivity index (χ3n) is 4.37. The monoisotopic (exact) mass is 309 g/mol. The first-order chi connectivity index (χ1) is 10.0. The molecule has 1 fully saturated rings. The first kappa shape index (κ1) is 16.6. The fraction of sp³-hybridized carbons (Fsp3) is 0.647. The van der Waals surface area contributed by atoms with Crippen LogP contribution in [0.25, 0.3) is 0 Å². The Morgan fingerprint density at radius 3 is 2.33 bits per heavy atom. The lowest BCUT2D eigenvalue weighted by molar-refractivity contribution is 0.209. The number of hydrogen-bond acceptors (Lipinski definition) is 3. The van der Waals surface area contributed by atoms with Crippen molar-refractivity contribution < 1.29 is 0 Å². The van der Waals surface area contributed by atoms with Crippen molar-refractivity contribution in [1.82, 2.24) is 10.2 Å². The molecule has 0 bridgehead atoms. The summed E-state index contributed by atoms with van der Waals surface area (Å²) in [7, 11) is 0. The fourth-order valence-corrected chi connectivity index (χ4v) is 3.26. The van der Waals surface area contributed by atoms with Crippen LogP contribution in [0.1, 0.15) is 39.3 Å². The van der Waals surface area contributed by atoms with E-state index in [9.17, 15) is 0 Å². The number of benzene rings is 1. The highest BCUT2D eigenvalue weighted by Gasteiger charge is 2.20. The molecule has 0 radical (unpaired) electrons. The molecule has 1 aliphatic heterocycles. The lowest BCUT2D eigenvalue weighted by atomic mass is 10.1. The quantitative estimate of drug-likeness (QED) is 0.897. The van der Waals surface area contributed by atoms with Gasteiger partial charge in [0, 0.05) is 38.3 Å². The maximum atomic E-state index is 6.52. The fourth-order valence-electron chi connectivity index (χ4n) is 2.95. The van der Waals surface area contributed by atoms with Crippen LogP contribution in [0.5, 0.6) is 0 Å². The van der Waals surface area contributed by atoms with Crippen molar-refractivity contribution >= 4 is 17.3 Å². The van der Waals surface area contributed by atoms with E-state index < -0.39 is 0 Å². The number of rotatable bonds is 5. The average Bonchev–Trinajstić information content (AvgIpc) is 2.47. The van der Waals surface area contributed by atoms with Crippen LogP contribution in [0.2, 0.25) is 5.02 Å². The summed E-state index contributed by atoms with van der Waals surface area (Å²) in [5.41, 5.74) is 2.43. The normalized spacial score (nSPS) is 18.3. The summed E-state index contributed by atoms with van der Waals surface area (Å²) < 4.78 is 0. The Balaban J connectivity index is 2.05.